The molecule has 7 nitrogen and oxygen atoms in total. The molecule has 0 fully saturated rings. The number of hydrogen-bond donors (Lipinski definition) is 2. The molecule has 0 aromatic heterocycles. The van der Waals surface area contributed by atoms with Gasteiger partial charge in [-0.1, -0.05) is 18.2 Å². The summed E-state index contributed by atoms with van der Waals surface area (Å²) in [6.07, 6.45) is 1.53. The van der Waals surface area contributed by atoms with Crippen LogP contribution in [0.3, 0.4) is 0 Å². The van der Waals surface area contributed by atoms with Crippen molar-refractivity contribution in [3.05, 3.63) is 89.7 Å². The molecule has 2 heterocycles. The molecule has 0 aliphatic carbocycles. The summed E-state index contributed by atoms with van der Waals surface area (Å²) < 4.78 is 26.9. The van der Waals surface area contributed by atoms with E-state index >= 15 is 0 Å². The maximum absolute atomic E-state index is 13.8. The summed E-state index contributed by atoms with van der Waals surface area (Å²) in [6, 6.07) is 9.63. The SMILES string of the molecule is C=CCN1C(=O)N[C@@H](c2cccc(F)c2)C2=C1CN(CC(=O)Nc1ccc(F)cc1)C2=O. The summed E-state index contributed by atoms with van der Waals surface area (Å²) in [7, 11) is 0. The Hall–Kier alpha value is -4.01. The second-order valence-corrected chi connectivity index (χ2v) is 7.41. The lowest BCUT2D eigenvalue weighted by atomic mass is 9.95. The fourth-order valence-corrected chi connectivity index (χ4v) is 3.84. The molecule has 0 saturated heterocycles. The first-order valence-corrected chi connectivity index (χ1v) is 9.89. The van der Waals surface area contributed by atoms with E-state index in [9.17, 15) is 23.2 Å². The lowest BCUT2D eigenvalue weighted by molar-refractivity contribution is -0.130. The highest BCUT2D eigenvalue weighted by Gasteiger charge is 2.44. The van der Waals surface area contributed by atoms with Gasteiger partial charge in [0.05, 0.1) is 23.9 Å². The van der Waals surface area contributed by atoms with Gasteiger partial charge in [0, 0.05) is 12.2 Å². The van der Waals surface area contributed by atoms with Crippen molar-refractivity contribution < 1.29 is 23.2 Å². The Morgan fingerprint density at radius 3 is 2.59 bits per heavy atom. The van der Waals surface area contributed by atoms with Crippen LogP contribution < -0.4 is 10.6 Å². The number of carbonyl (C=O) groups is 3. The zero-order valence-electron chi connectivity index (χ0n) is 17.0. The Balaban J connectivity index is 1.59. The molecule has 0 saturated carbocycles. The van der Waals surface area contributed by atoms with Gasteiger partial charge in [-0.15, -0.1) is 6.58 Å². The molecule has 2 aromatic carbocycles. The van der Waals surface area contributed by atoms with E-state index in [0.717, 1.165) is 0 Å². The van der Waals surface area contributed by atoms with Gasteiger partial charge in [0.15, 0.2) is 0 Å². The number of benzene rings is 2. The first-order chi connectivity index (χ1) is 15.4. The molecular weight excluding hydrogens is 418 g/mol. The minimum Gasteiger partial charge on any atom is -0.326 e. The summed E-state index contributed by atoms with van der Waals surface area (Å²) in [4.78, 5) is 41.1. The highest BCUT2D eigenvalue weighted by atomic mass is 19.1. The fourth-order valence-electron chi connectivity index (χ4n) is 3.84. The number of halogens is 2. The van der Waals surface area contributed by atoms with Crippen LogP contribution in [0.2, 0.25) is 0 Å². The third-order valence-electron chi connectivity index (χ3n) is 5.25. The van der Waals surface area contributed by atoms with Crippen molar-refractivity contribution in [2.75, 3.05) is 25.0 Å². The van der Waals surface area contributed by atoms with Crippen molar-refractivity contribution in [2.45, 2.75) is 6.04 Å². The van der Waals surface area contributed by atoms with E-state index in [1.165, 1.54) is 58.3 Å². The van der Waals surface area contributed by atoms with Crippen LogP contribution >= 0.6 is 0 Å². The van der Waals surface area contributed by atoms with Crippen molar-refractivity contribution in [1.29, 1.82) is 0 Å². The predicted octanol–water partition coefficient (Wildman–Crippen LogP) is 2.95. The van der Waals surface area contributed by atoms with Gasteiger partial charge in [-0.2, -0.15) is 0 Å². The molecular formula is C23H20F2N4O3. The van der Waals surface area contributed by atoms with Gasteiger partial charge in [0.25, 0.3) is 5.91 Å². The molecule has 164 valence electrons. The van der Waals surface area contributed by atoms with Crippen molar-refractivity contribution in [1.82, 2.24) is 15.1 Å². The molecule has 0 unspecified atom stereocenters. The number of carbonyl (C=O) groups excluding carboxylic acids is 3. The zero-order valence-corrected chi connectivity index (χ0v) is 17.0. The molecule has 1 atom stereocenters. The van der Waals surface area contributed by atoms with E-state index in [4.69, 9.17) is 0 Å². The molecule has 2 N–H and O–H groups in total. The van der Waals surface area contributed by atoms with Gasteiger partial charge >= 0.3 is 6.03 Å². The smallest absolute Gasteiger partial charge is 0.322 e. The molecule has 4 rings (SSSR count). The van der Waals surface area contributed by atoms with Crippen LogP contribution in [0.5, 0.6) is 0 Å². The van der Waals surface area contributed by atoms with E-state index in [1.807, 2.05) is 0 Å². The Morgan fingerprint density at radius 2 is 1.91 bits per heavy atom. The summed E-state index contributed by atoms with van der Waals surface area (Å²) in [6.45, 7) is 3.59. The topological polar surface area (TPSA) is 81.8 Å². The molecule has 2 aliphatic rings. The highest BCUT2D eigenvalue weighted by Crippen LogP contribution is 2.36. The normalized spacial score (nSPS) is 17.9. The molecule has 2 aliphatic heterocycles. The van der Waals surface area contributed by atoms with Crippen LogP contribution in [0.1, 0.15) is 11.6 Å². The Labute approximate surface area is 183 Å². The van der Waals surface area contributed by atoms with E-state index in [-0.39, 0.29) is 25.2 Å². The molecule has 0 bridgehead atoms. The first kappa shape index (κ1) is 21.2. The average molecular weight is 438 g/mol. The number of anilines is 1. The predicted molar refractivity (Wildman–Crippen MR) is 113 cm³/mol. The number of amides is 4. The number of nitrogens with zero attached hydrogens (tertiary/aromatic N) is 2. The maximum atomic E-state index is 13.8. The molecule has 32 heavy (non-hydrogen) atoms. The standard InChI is InChI=1S/C23H20F2N4O3/c1-2-10-29-18-12-28(13-19(30)26-17-8-6-15(24)7-9-17)22(31)20(18)21(27-23(29)32)14-4-3-5-16(25)11-14/h2-9,11,21H,1,10,12-13H2,(H,26,30)(H,27,32)/t21-/m0/s1. The summed E-state index contributed by atoms with van der Waals surface area (Å²) >= 11 is 0. The van der Waals surface area contributed by atoms with Crippen molar-refractivity contribution in [2.24, 2.45) is 0 Å². The van der Waals surface area contributed by atoms with Gasteiger partial charge in [-0.25, -0.2) is 13.6 Å². The van der Waals surface area contributed by atoms with Gasteiger partial charge in [0.1, 0.15) is 18.2 Å². The Bertz CT molecular complexity index is 1130. The largest absolute Gasteiger partial charge is 0.326 e. The Kier molecular flexibility index (Phi) is 5.72. The van der Waals surface area contributed by atoms with Gasteiger partial charge in [-0.3, -0.25) is 14.5 Å². The molecule has 0 radical (unpaired) electrons. The quantitative estimate of drug-likeness (QED) is 0.681. The fraction of sp³-hybridized carbons (Fsp3) is 0.174. The third-order valence-corrected chi connectivity index (χ3v) is 5.25. The lowest BCUT2D eigenvalue weighted by Gasteiger charge is -2.33. The van der Waals surface area contributed by atoms with Crippen LogP contribution in [-0.4, -0.2) is 47.3 Å². The number of rotatable bonds is 6. The van der Waals surface area contributed by atoms with E-state index in [2.05, 4.69) is 17.2 Å². The minimum atomic E-state index is -0.841. The Morgan fingerprint density at radius 1 is 1.16 bits per heavy atom. The molecule has 2 aromatic rings. The first-order valence-electron chi connectivity index (χ1n) is 9.89. The van der Waals surface area contributed by atoms with Crippen LogP contribution in [0.4, 0.5) is 19.3 Å². The van der Waals surface area contributed by atoms with Crippen LogP contribution in [0, 0.1) is 11.6 Å². The monoisotopic (exact) mass is 438 g/mol. The van der Waals surface area contributed by atoms with Crippen LogP contribution in [0.15, 0.2) is 72.5 Å². The van der Waals surface area contributed by atoms with Gasteiger partial charge in [-0.05, 0) is 42.0 Å². The number of hydrogen-bond acceptors (Lipinski definition) is 3. The second kappa shape index (κ2) is 8.62. The van der Waals surface area contributed by atoms with E-state index < -0.39 is 35.5 Å². The number of urea groups is 1. The lowest BCUT2D eigenvalue weighted by Crippen LogP contribution is -2.47. The van der Waals surface area contributed by atoms with E-state index in [1.54, 1.807) is 6.07 Å². The molecule has 0 spiro atoms. The second-order valence-electron chi connectivity index (χ2n) is 7.41. The average Bonchev–Trinajstić information content (AvgIpc) is 3.07. The third kappa shape index (κ3) is 4.09. The summed E-state index contributed by atoms with van der Waals surface area (Å²) in [5.74, 6) is -1.83. The summed E-state index contributed by atoms with van der Waals surface area (Å²) in [5.41, 5.74) is 1.55. The van der Waals surface area contributed by atoms with E-state index in [0.29, 0.717) is 16.9 Å². The van der Waals surface area contributed by atoms with Gasteiger partial charge < -0.3 is 15.5 Å². The van der Waals surface area contributed by atoms with Crippen LogP contribution in [-0.2, 0) is 9.59 Å². The van der Waals surface area contributed by atoms with Crippen molar-refractivity contribution in [3.8, 4) is 0 Å². The minimum absolute atomic E-state index is 0.0398. The zero-order chi connectivity index (χ0) is 22.8. The van der Waals surface area contributed by atoms with Crippen LogP contribution in [0.25, 0.3) is 0 Å². The molecule has 4 amide bonds. The molecule has 9 heteroatoms. The maximum Gasteiger partial charge on any atom is 0.322 e. The summed E-state index contributed by atoms with van der Waals surface area (Å²) in [5, 5.41) is 5.36. The highest BCUT2D eigenvalue weighted by molar-refractivity contribution is 6.04. The van der Waals surface area contributed by atoms with Crippen molar-refractivity contribution in [3.63, 3.8) is 0 Å². The van der Waals surface area contributed by atoms with Crippen molar-refractivity contribution >= 4 is 23.5 Å². The van der Waals surface area contributed by atoms with Gasteiger partial charge in [0.2, 0.25) is 5.91 Å². The number of nitrogens with one attached hydrogen (secondary N) is 2.